The first-order chi connectivity index (χ1) is 23.9. The van der Waals surface area contributed by atoms with E-state index < -0.39 is 0 Å². The van der Waals surface area contributed by atoms with Crippen LogP contribution in [0.3, 0.4) is 0 Å². The molecular weight excluding hydrogens is 620 g/mol. The fourth-order valence-corrected chi connectivity index (χ4v) is 6.71. The Hall–Kier alpha value is -5.82. The SMILES string of the molecule is COCc1cc2c(N3CCC[C@H]3C(N)=O)nc(-c3ccccc3)nc2[nH]1.NC(=O)[C@@H]1CCCN1c1nc(-c2ccccc2)nc2[nH]ccc12. The molecule has 0 aliphatic carbocycles. The van der Waals surface area contributed by atoms with Crippen molar-refractivity contribution in [3.8, 4) is 22.8 Å². The maximum Gasteiger partial charge on any atom is 0.240 e. The van der Waals surface area contributed by atoms with E-state index >= 15 is 0 Å². The Bertz CT molecular complexity index is 2100. The number of anilines is 2. The minimum absolute atomic E-state index is 0.299. The number of nitrogens with one attached hydrogen (secondary N) is 2. The van der Waals surface area contributed by atoms with Crippen LogP contribution in [0.5, 0.6) is 0 Å². The number of H-pyrrole nitrogens is 2. The standard InChI is InChI=1S/C19H21N5O2.C17H17N5O/c1-26-11-13-10-14-18(21-13)22-17(12-6-3-2-4-7-12)23-19(14)24-9-5-8-15(24)16(20)25;18-14(23)13-7-4-10-22(13)17-12-8-9-19-16(12)20-15(21-17)11-5-2-1-3-6-11/h2-4,6-7,10,15H,5,8-9,11H2,1H3,(H2,20,25)(H,21,22,23);1-3,5-6,8-9,13H,4,7,10H2,(H2,18,23)(H,19,20,21)/t15-;13-/m00/s1. The van der Waals surface area contributed by atoms with Crippen molar-refractivity contribution in [2.24, 2.45) is 11.5 Å². The van der Waals surface area contributed by atoms with Crippen molar-refractivity contribution in [3.05, 3.63) is 84.7 Å². The van der Waals surface area contributed by atoms with E-state index in [0.29, 0.717) is 18.3 Å². The average molecular weight is 659 g/mol. The van der Waals surface area contributed by atoms with E-state index in [-0.39, 0.29) is 23.9 Å². The lowest BCUT2D eigenvalue weighted by atomic mass is 10.2. The Morgan fingerprint density at radius 1 is 0.755 bits per heavy atom. The number of aromatic amines is 2. The fourth-order valence-electron chi connectivity index (χ4n) is 6.71. The number of ether oxygens (including phenoxy) is 1. The number of nitrogens with zero attached hydrogens (tertiary/aromatic N) is 6. The molecule has 2 amide bonds. The van der Waals surface area contributed by atoms with Gasteiger partial charge in [-0.15, -0.1) is 0 Å². The first kappa shape index (κ1) is 31.8. The maximum absolute atomic E-state index is 11.9. The smallest absolute Gasteiger partial charge is 0.240 e. The molecule has 0 radical (unpaired) electrons. The molecule has 49 heavy (non-hydrogen) atoms. The summed E-state index contributed by atoms with van der Waals surface area (Å²) in [5, 5.41) is 1.79. The fraction of sp³-hybridized carbons (Fsp3) is 0.278. The second kappa shape index (κ2) is 13.7. The van der Waals surface area contributed by atoms with Crippen molar-refractivity contribution in [2.45, 2.75) is 44.4 Å². The van der Waals surface area contributed by atoms with E-state index in [9.17, 15) is 9.59 Å². The van der Waals surface area contributed by atoms with E-state index in [1.807, 2.05) is 88.8 Å². The number of nitrogens with two attached hydrogens (primary N) is 2. The normalized spacial score (nSPS) is 17.4. The first-order valence-electron chi connectivity index (χ1n) is 16.4. The molecule has 0 spiro atoms. The number of aromatic nitrogens is 6. The van der Waals surface area contributed by atoms with Crippen LogP contribution in [0.15, 0.2) is 79.0 Å². The monoisotopic (exact) mass is 658 g/mol. The number of hydrogen-bond acceptors (Lipinski definition) is 9. The van der Waals surface area contributed by atoms with Crippen LogP contribution in [0.4, 0.5) is 11.6 Å². The molecule has 2 aliphatic rings. The van der Waals surface area contributed by atoms with E-state index in [2.05, 4.69) is 19.9 Å². The zero-order valence-electron chi connectivity index (χ0n) is 27.2. The van der Waals surface area contributed by atoms with Crippen molar-refractivity contribution < 1.29 is 14.3 Å². The highest BCUT2D eigenvalue weighted by molar-refractivity contribution is 5.94. The number of rotatable bonds is 8. The van der Waals surface area contributed by atoms with Gasteiger partial charge >= 0.3 is 0 Å². The lowest BCUT2D eigenvalue weighted by Crippen LogP contribution is -2.40. The minimum Gasteiger partial charge on any atom is -0.378 e. The summed E-state index contributed by atoms with van der Waals surface area (Å²) in [6, 6.07) is 22.9. The summed E-state index contributed by atoms with van der Waals surface area (Å²) >= 11 is 0. The van der Waals surface area contributed by atoms with Crippen molar-refractivity contribution in [1.29, 1.82) is 0 Å². The van der Waals surface area contributed by atoms with Gasteiger partial charge in [0.05, 0.1) is 17.4 Å². The molecule has 0 unspecified atom stereocenters. The van der Waals surface area contributed by atoms with Crippen LogP contribution in [0.2, 0.25) is 0 Å². The molecule has 2 aromatic carbocycles. The van der Waals surface area contributed by atoms with Gasteiger partial charge in [-0.05, 0) is 37.8 Å². The molecule has 4 aromatic heterocycles. The number of methoxy groups -OCH3 is 1. The largest absolute Gasteiger partial charge is 0.378 e. The first-order valence-corrected chi connectivity index (χ1v) is 16.4. The molecule has 0 bridgehead atoms. The van der Waals surface area contributed by atoms with Gasteiger partial charge < -0.3 is 36.0 Å². The molecule has 0 saturated carbocycles. The van der Waals surface area contributed by atoms with Crippen LogP contribution in [0.1, 0.15) is 31.4 Å². The Balaban J connectivity index is 0.000000155. The summed E-state index contributed by atoms with van der Waals surface area (Å²) in [5.74, 6) is 2.17. The Labute approximate surface area is 282 Å². The molecule has 6 N–H and O–H groups in total. The zero-order valence-corrected chi connectivity index (χ0v) is 27.2. The number of amides is 2. The highest BCUT2D eigenvalue weighted by atomic mass is 16.5. The van der Waals surface area contributed by atoms with Gasteiger partial charge in [0.15, 0.2) is 11.6 Å². The van der Waals surface area contributed by atoms with Gasteiger partial charge in [-0.1, -0.05) is 60.7 Å². The molecule has 2 fully saturated rings. The van der Waals surface area contributed by atoms with E-state index in [1.54, 1.807) is 7.11 Å². The van der Waals surface area contributed by atoms with Crippen molar-refractivity contribution >= 4 is 45.5 Å². The van der Waals surface area contributed by atoms with Crippen molar-refractivity contribution in [1.82, 2.24) is 29.9 Å². The van der Waals surface area contributed by atoms with Gasteiger partial charge in [0.2, 0.25) is 11.8 Å². The number of hydrogen-bond donors (Lipinski definition) is 4. The highest BCUT2D eigenvalue weighted by Gasteiger charge is 2.33. The molecule has 6 aromatic rings. The Kier molecular flexibility index (Phi) is 8.90. The van der Waals surface area contributed by atoms with E-state index in [4.69, 9.17) is 26.2 Å². The van der Waals surface area contributed by atoms with Gasteiger partial charge in [0, 0.05) is 43.2 Å². The highest BCUT2D eigenvalue weighted by Crippen LogP contribution is 2.34. The van der Waals surface area contributed by atoms with Gasteiger partial charge in [0.1, 0.15) is 35.0 Å². The minimum atomic E-state index is -0.336. The summed E-state index contributed by atoms with van der Waals surface area (Å²) < 4.78 is 5.23. The molecule has 6 heterocycles. The number of fused-ring (bicyclic) bond motifs is 2. The second-order valence-corrected chi connectivity index (χ2v) is 12.2. The van der Waals surface area contributed by atoms with Crippen LogP contribution in [-0.2, 0) is 20.9 Å². The zero-order chi connectivity index (χ0) is 33.9. The van der Waals surface area contributed by atoms with Crippen LogP contribution in [0.25, 0.3) is 44.8 Å². The molecule has 8 rings (SSSR count). The van der Waals surface area contributed by atoms with Crippen LogP contribution < -0.4 is 21.3 Å². The molecule has 13 heteroatoms. The quantitative estimate of drug-likeness (QED) is 0.185. The molecule has 250 valence electrons. The second-order valence-electron chi connectivity index (χ2n) is 12.2. The number of carbonyl (C=O) groups excluding carboxylic acids is 2. The summed E-state index contributed by atoms with van der Waals surface area (Å²) in [5.41, 5.74) is 15.5. The van der Waals surface area contributed by atoms with E-state index in [0.717, 1.165) is 89.3 Å². The molecule has 2 atom stereocenters. The topological polar surface area (TPSA) is 185 Å². The van der Waals surface area contributed by atoms with Crippen LogP contribution >= 0.6 is 0 Å². The third-order valence-corrected chi connectivity index (χ3v) is 8.99. The third-order valence-electron chi connectivity index (χ3n) is 8.99. The average Bonchev–Trinajstić information content (AvgIpc) is 3.95. The summed E-state index contributed by atoms with van der Waals surface area (Å²) in [7, 11) is 1.65. The van der Waals surface area contributed by atoms with Crippen LogP contribution in [0, 0.1) is 0 Å². The maximum atomic E-state index is 11.9. The Morgan fingerprint density at radius 3 is 1.82 bits per heavy atom. The predicted molar refractivity (Wildman–Crippen MR) is 188 cm³/mol. The van der Waals surface area contributed by atoms with Crippen molar-refractivity contribution in [3.63, 3.8) is 0 Å². The number of carbonyl (C=O) groups is 2. The molecular formula is C36H38N10O3. The predicted octanol–water partition coefficient (Wildman–Crippen LogP) is 4.30. The molecule has 2 saturated heterocycles. The number of primary amides is 2. The number of benzene rings is 2. The Morgan fingerprint density at radius 2 is 1.29 bits per heavy atom. The van der Waals surface area contributed by atoms with Crippen LogP contribution in [-0.4, -0.2) is 74.0 Å². The van der Waals surface area contributed by atoms with Gasteiger partial charge in [-0.2, -0.15) is 0 Å². The summed E-state index contributed by atoms with van der Waals surface area (Å²) in [4.78, 5) is 52.9. The summed E-state index contributed by atoms with van der Waals surface area (Å²) in [6.07, 6.45) is 5.20. The van der Waals surface area contributed by atoms with Crippen molar-refractivity contribution in [2.75, 3.05) is 30.0 Å². The van der Waals surface area contributed by atoms with Gasteiger partial charge in [-0.3, -0.25) is 9.59 Å². The molecule has 13 nitrogen and oxygen atoms in total. The van der Waals surface area contributed by atoms with E-state index in [1.165, 1.54) is 0 Å². The van der Waals surface area contributed by atoms with Gasteiger partial charge in [-0.25, -0.2) is 19.9 Å². The molecule has 2 aliphatic heterocycles. The third kappa shape index (κ3) is 6.40. The summed E-state index contributed by atoms with van der Waals surface area (Å²) in [6.45, 7) is 1.98. The lowest BCUT2D eigenvalue weighted by molar-refractivity contribution is -0.119. The lowest BCUT2D eigenvalue weighted by Gasteiger charge is -2.24. The van der Waals surface area contributed by atoms with Gasteiger partial charge in [0.25, 0.3) is 0 Å².